The van der Waals surface area contributed by atoms with Crippen molar-refractivity contribution in [2.75, 3.05) is 31.2 Å². The van der Waals surface area contributed by atoms with Crippen LogP contribution < -0.4 is 4.90 Å². The lowest BCUT2D eigenvalue weighted by Gasteiger charge is -2.29. The number of morpholine rings is 1. The van der Waals surface area contributed by atoms with E-state index in [0.29, 0.717) is 17.7 Å². The molecule has 0 spiro atoms. The van der Waals surface area contributed by atoms with E-state index in [4.69, 9.17) is 4.74 Å². The highest BCUT2D eigenvalue weighted by Crippen LogP contribution is 2.28. The van der Waals surface area contributed by atoms with Gasteiger partial charge in [-0.1, -0.05) is 6.07 Å². The average molecular weight is 260 g/mol. The largest absolute Gasteiger partial charge is 0.378 e. The van der Waals surface area contributed by atoms with Gasteiger partial charge in [0.15, 0.2) is 0 Å². The summed E-state index contributed by atoms with van der Waals surface area (Å²) < 4.78 is 19.0. The van der Waals surface area contributed by atoms with Crippen molar-refractivity contribution in [1.82, 2.24) is 0 Å². The molecule has 1 aromatic carbocycles. The molecule has 0 amide bonds. The summed E-state index contributed by atoms with van der Waals surface area (Å²) >= 11 is 3.26. The Bertz CT molecular complexity index is 326. The van der Waals surface area contributed by atoms with Crippen molar-refractivity contribution < 1.29 is 9.13 Å². The van der Waals surface area contributed by atoms with Gasteiger partial charge in [-0.05, 0) is 28.1 Å². The van der Waals surface area contributed by atoms with Gasteiger partial charge in [0.25, 0.3) is 0 Å². The number of nitrogens with zero attached hydrogens (tertiary/aromatic N) is 1. The van der Waals surface area contributed by atoms with Crippen molar-refractivity contribution >= 4 is 21.6 Å². The summed E-state index contributed by atoms with van der Waals surface area (Å²) in [4.78, 5) is 2.12. The molecule has 14 heavy (non-hydrogen) atoms. The molecule has 0 aromatic heterocycles. The molecule has 0 atom stereocenters. The minimum Gasteiger partial charge on any atom is -0.378 e. The normalized spacial score (nSPS) is 17.1. The summed E-state index contributed by atoms with van der Waals surface area (Å²) in [7, 11) is 0. The molecule has 2 nitrogen and oxygen atoms in total. The monoisotopic (exact) mass is 259 g/mol. The van der Waals surface area contributed by atoms with Crippen LogP contribution in [0.1, 0.15) is 0 Å². The maximum absolute atomic E-state index is 13.2. The molecule has 0 radical (unpaired) electrons. The highest BCUT2D eigenvalue weighted by Gasteiger charge is 2.15. The SMILES string of the molecule is Fc1cccc(N2CCOCC2)c1Br. The molecular weight excluding hydrogens is 249 g/mol. The van der Waals surface area contributed by atoms with E-state index in [-0.39, 0.29) is 5.82 Å². The van der Waals surface area contributed by atoms with Gasteiger partial charge in [-0.15, -0.1) is 0 Å². The Morgan fingerprint density at radius 1 is 1.29 bits per heavy atom. The first kappa shape index (κ1) is 9.93. The maximum atomic E-state index is 13.2. The quantitative estimate of drug-likeness (QED) is 0.768. The van der Waals surface area contributed by atoms with Crippen LogP contribution in [0, 0.1) is 5.82 Å². The number of hydrogen-bond acceptors (Lipinski definition) is 2. The Hall–Kier alpha value is -0.610. The Morgan fingerprint density at radius 3 is 2.71 bits per heavy atom. The highest BCUT2D eigenvalue weighted by atomic mass is 79.9. The second kappa shape index (κ2) is 4.28. The number of rotatable bonds is 1. The van der Waals surface area contributed by atoms with Crippen LogP contribution in [-0.4, -0.2) is 26.3 Å². The summed E-state index contributed by atoms with van der Waals surface area (Å²) in [5.74, 6) is -0.214. The van der Waals surface area contributed by atoms with Crippen molar-refractivity contribution in [2.24, 2.45) is 0 Å². The topological polar surface area (TPSA) is 12.5 Å². The average Bonchev–Trinajstić information content (AvgIpc) is 2.23. The fraction of sp³-hybridized carbons (Fsp3) is 0.400. The zero-order valence-electron chi connectivity index (χ0n) is 7.67. The fourth-order valence-corrected chi connectivity index (χ4v) is 2.06. The second-order valence-corrected chi connectivity index (χ2v) is 3.97. The van der Waals surface area contributed by atoms with Crippen molar-refractivity contribution in [3.63, 3.8) is 0 Å². The van der Waals surface area contributed by atoms with E-state index in [1.54, 1.807) is 6.07 Å². The molecule has 1 fully saturated rings. The van der Waals surface area contributed by atoms with E-state index in [0.717, 1.165) is 18.8 Å². The summed E-state index contributed by atoms with van der Waals surface area (Å²) in [6, 6.07) is 5.09. The first-order chi connectivity index (χ1) is 6.79. The van der Waals surface area contributed by atoms with E-state index >= 15 is 0 Å². The number of anilines is 1. The summed E-state index contributed by atoms with van der Waals surface area (Å²) in [5.41, 5.74) is 0.910. The van der Waals surface area contributed by atoms with Gasteiger partial charge in [-0.25, -0.2) is 4.39 Å². The Labute approximate surface area is 90.8 Å². The van der Waals surface area contributed by atoms with E-state index in [1.165, 1.54) is 6.07 Å². The summed E-state index contributed by atoms with van der Waals surface area (Å²) in [5, 5.41) is 0. The minimum atomic E-state index is -0.214. The molecule has 1 heterocycles. The van der Waals surface area contributed by atoms with Crippen molar-refractivity contribution in [2.45, 2.75) is 0 Å². The first-order valence-electron chi connectivity index (χ1n) is 4.56. The molecule has 0 unspecified atom stereocenters. The van der Waals surface area contributed by atoms with Crippen molar-refractivity contribution in [3.05, 3.63) is 28.5 Å². The smallest absolute Gasteiger partial charge is 0.139 e. The highest BCUT2D eigenvalue weighted by molar-refractivity contribution is 9.10. The summed E-state index contributed by atoms with van der Waals surface area (Å²) in [6.07, 6.45) is 0. The van der Waals surface area contributed by atoms with Crippen LogP contribution in [0.25, 0.3) is 0 Å². The molecule has 0 bridgehead atoms. The predicted octanol–water partition coefficient (Wildman–Crippen LogP) is 2.42. The van der Waals surface area contributed by atoms with Crippen LogP contribution in [0.5, 0.6) is 0 Å². The fourth-order valence-electron chi connectivity index (χ4n) is 1.54. The van der Waals surface area contributed by atoms with Crippen molar-refractivity contribution in [3.8, 4) is 0 Å². The van der Waals surface area contributed by atoms with Gasteiger partial charge >= 0.3 is 0 Å². The molecule has 1 aliphatic rings. The molecular formula is C10H11BrFNO. The van der Waals surface area contributed by atoms with Gasteiger partial charge in [0.1, 0.15) is 5.82 Å². The van der Waals surface area contributed by atoms with Crippen LogP contribution in [0.4, 0.5) is 10.1 Å². The molecule has 0 saturated carbocycles. The lowest BCUT2D eigenvalue weighted by molar-refractivity contribution is 0.122. The molecule has 0 N–H and O–H groups in total. The van der Waals surface area contributed by atoms with Crippen LogP contribution in [0.15, 0.2) is 22.7 Å². The lowest BCUT2D eigenvalue weighted by Crippen LogP contribution is -2.36. The molecule has 4 heteroatoms. The maximum Gasteiger partial charge on any atom is 0.139 e. The Balaban J connectivity index is 2.26. The Morgan fingerprint density at radius 2 is 2.00 bits per heavy atom. The van der Waals surface area contributed by atoms with Gasteiger partial charge < -0.3 is 9.64 Å². The van der Waals surface area contributed by atoms with E-state index in [9.17, 15) is 4.39 Å². The number of benzene rings is 1. The van der Waals surface area contributed by atoms with E-state index < -0.39 is 0 Å². The van der Waals surface area contributed by atoms with Gasteiger partial charge in [0, 0.05) is 13.1 Å². The van der Waals surface area contributed by atoms with Crippen LogP contribution in [-0.2, 0) is 4.74 Å². The van der Waals surface area contributed by atoms with Crippen molar-refractivity contribution in [1.29, 1.82) is 0 Å². The number of ether oxygens (including phenoxy) is 1. The van der Waals surface area contributed by atoms with Crippen LogP contribution in [0.2, 0.25) is 0 Å². The first-order valence-corrected chi connectivity index (χ1v) is 5.35. The van der Waals surface area contributed by atoms with Gasteiger partial charge in [0.05, 0.1) is 23.4 Å². The van der Waals surface area contributed by atoms with Gasteiger partial charge in [-0.2, -0.15) is 0 Å². The second-order valence-electron chi connectivity index (χ2n) is 3.17. The third-order valence-electron chi connectivity index (χ3n) is 2.28. The molecule has 2 rings (SSSR count). The van der Waals surface area contributed by atoms with Gasteiger partial charge in [0.2, 0.25) is 0 Å². The van der Waals surface area contributed by atoms with E-state index in [1.807, 2.05) is 6.07 Å². The number of halogens is 2. The molecule has 1 saturated heterocycles. The Kier molecular flexibility index (Phi) is 3.03. The third kappa shape index (κ3) is 1.91. The molecule has 76 valence electrons. The van der Waals surface area contributed by atoms with Gasteiger partial charge in [-0.3, -0.25) is 0 Å². The zero-order valence-corrected chi connectivity index (χ0v) is 9.26. The number of hydrogen-bond donors (Lipinski definition) is 0. The zero-order chi connectivity index (χ0) is 9.97. The minimum absolute atomic E-state index is 0.214. The lowest BCUT2D eigenvalue weighted by atomic mass is 10.2. The van der Waals surface area contributed by atoms with Crippen LogP contribution in [0.3, 0.4) is 0 Å². The molecule has 0 aliphatic carbocycles. The van der Waals surface area contributed by atoms with Crippen LogP contribution >= 0.6 is 15.9 Å². The summed E-state index contributed by atoms with van der Waals surface area (Å²) in [6.45, 7) is 3.07. The predicted molar refractivity (Wildman–Crippen MR) is 57.1 cm³/mol. The molecule has 1 aliphatic heterocycles. The third-order valence-corrected chi connectivity index (χ3v) is 3.07. The van der Waals surface area contributed by atoms with E-state index in [2.05, 4.69) is 20.8 Å². The standard InChI is InChI=1S/C10H11BrFNO/c11-10-8(12)2-1-3-9(10)13-4-6-14-7-5-13/h1-3H,4-7H2. The molecule has 1 aromatic rings.